The van der Waals surface area contributed by atoms with Gasteiger partial charge >= 0.3 is 0 Å². The Morgan fingerprint density at radius 1 is 0.351 bits per heavy atom. The van der Waals surface area contributed by atoms with Crippen molar-refractivity contribution in [1.29, 1.82) is 0 Å². The molecule has 0 heterocycles. The fourth-order valence-corrected chi connectivity index (χ4v) is 13.3. The Kier molecular flexibility index (Phi) is 14.2. The van der Waals surface area contributed by atoms with Crippen LogP contribution in [0.4, 0.5) is 17.1 Å². The summed E-state index contributed by atoms with van der Waals surface area (Å²) in [5.41, 5.74) is 21.8. The summed E-state index contributed by atoms with van der Waals surface area (Å²) < 4.78 is 0. The molecule has 0 N–H and O–H groups in total. The van der Waals surface area contributed by atoms with Crippen LogP contribution in [0.25, 0.3) is 33.4 Å². The Morgan fingerprint density at radius 2 is 0.811 bits per heavy atom. The highest BCUT2D eigenvalue weighted by atomic mass is 15.1. The van der Waals surface area contributed by atoms with Crippen molar-refractivity contribution in [1.82, 2.24) is 0 Å². The van der Waals surface area contributed by atoms with Gasteiger partial charge in [0.1, 0.15) is 0 Å². The summed E-state index contributed by atoms with van der Waals surface area (Å²) in [6.07, 6.45) is 19.0. The maximum absolute atomic E-state index is 2.67. The lowest BCUT2D eigenvalue weighted by molar-refractivity contribution is 0.448. The first kappa shape index (κ1) is 49.8. The first-order valence-electron chi connectivity index (χ1n) is 28.6. The minimum Gasteiger partial charge on any atom is -0.310 e. The van der Waals surface area contributed by atoms with Crippen molar-refractivity contribution >= 4 is 17.1 Å². The van der Waals surface area contributed by atoms with Gasteiger partial charge in [-0.05, 0) is 151 Å². The van der Waals surface area contributed by atoms with Gasteiger partial charge in [0.15, 0.2) is 0 Å². The molecule has 8 aromatic carbocycles. The summed E-state index contributed by atoms with van der Waals surface area (Å²) in [6, 6.07) is 73.2. The molecular weight excluding hydrogens is 891 g/mol. The number of hydrogen-bond donors (Lipinski definition) is 0. The quantitative estimate of drug-likeness (QED) is 0.139. The Morgan fingerprint density at radius 3 is 1.35 bits per heavy atom. The van der Waals surface area contributed by atoms with E-state index in [0.29, 0.717) is 11.8 Å². The normalized spacial score (nSPS) is 16.6. The zero-order valence-corrected chi connectivity index (χ0v) is 45.4. The minimum absolute atomic E-state index is 0.0363. The number of hydrogen-bond acceptors (Lipinski definition) is 1. The molecule has 0 amide bonds. The number of fused-ring (bicyclic) bond motifs is 3. The molecule has 1 nitrogen and oxygen atoms in total. The lowest BCUT2D eigenvalue weighted by atomic mass is 9.67. The van der Waals surface area contributed by atoms with Gasteiger partial charge in [0.25, 0.3) is 0 Å². The van der Waals surface area contributed by atoms with Crippen LogP contribution in [-0.2, 0) is 16.2 Å². The number of rotatable bonds is 9. The molecule has 0 unspecified atom stereocenters. The fourth-order valence-electron chi connectivity index (χ4n) is 13.3. The molecule has 2 saturated carbocycles. The lowest BCUT2D eigenvalue weighted by Gasteiger charge is -2.36. The van der Waals surface area contributed by atoms with Gasteiger partial charge < -0.3 is 4.90 Å². The zero-order valence-electron chi connectivity index (χ0n) is 45.4. The van der Waals surface area contributed by atoms with E-state index >= 15 is 0 Å². The average molecular weight is 970 g/mol. The first-order chi connectivity index (χ1) is 36.0. The van der Waals surface area contributed by atoms with Crippen LogP contribution in [0.5, 0.6) is 0 Å². The average Bonchev–Trinajstić information content (AvgIpc) is 3.76. The van der Waals surface area contributed by atoms with Crippen LogP contribution in [-0.4, -0.2) is 0 Å². The van der Waals surface area contributed by atoms with Crippen LogP contribution in [0.1, 0.15) is 188 Å². The highest BCUT2D eigenvalue weighted by molar-refractivity contribution is 5.92. The van der Waals surface area contributed by atoms with E-state index < -0.39 is 5.41 Å². The first-order valence-corrected chi connectivity index (χ1v) is 28.6. The van der Waals surface area contributed by atoms with Gasteiger partial charge in [0.2, 0.25) is 0 Å². The molecule has 3 aliphatic carbocycles. The van der Waals surface area contributed by atoms with Crippen LogP contribution in [0.3, 0.4) is 0 Å². The molecule has 74 heavy (non-hydrogen) atoms. The summed E-state index contributed by atoms with van der Waals surface area (Å²) in [5.74, 6) is 1.30. The van der Waals surface area contributed by atoms with E-state index in [4.69, 9.17) is 0 Å². The van der Waals surface area contributed by atoms with Gasteiger partial charge in [-0.2, -0.15) is 0 Å². The second-order valence-corrected chi connectivity index (χ2v) is 24.4. The third-order valence-electron chi connectivity index (χ3n) is 17.5. The molecule has 2 fully saturated rings. The highest BCUT2D eigenvalue weighted by Gasteiger charge is 2.47. The lowest BCUT2D eigenvalue weighted by Crippen LogP contribution is -2.29. The van der Waals surface area contributed by atoms with E-state index in [9.17, 15) is 0 Å². The van der Waals surface area contributed by atoms with Crippen molar-refractivity contribution < 1.29 is 0 Å². The van der Waals surface area contributed by atoms with Crippen molar-refractivity contribution in [2.24, 2.45) is 0 Å². The summed E-state index contributed by atoms with van der Waals surface area (Å²) in [7, 11) is 0. The second kappa shape index (κ2) is 21.1. The van der Waals surface area contributed by atoms with Gasteiger partial charge in [-0.1, -0.05) is 263 Å². The standard InChI is InChI=1S/C73H79N/c1-71(2,3)59-36-40-61(41-37-59)73(62-42-38-60(39-43-62)72(4,5)6)68-32-22-20-31-66(68)67-47-46-64(51-69(67)73)74(70-33-23-21-30-65(70)55-28-18-13-19-29-55)63-44-34-54(35-45-63)58-49-56(52-24-14-9-7-10-15-25-52)48-57(50-58)53-26-16-11-8-12-17-27-53/h13,18-23,28-53H,7-12,14-17,24-27H2,1-6H3. The number of nitrogens with zero attached hydrogens (tertiary/aromatic N) is 1. The van der Waals surface area contributed by atoms with Crippen LogP contribution >= 0.6 is 0 Å². The Bertz CT molecular complexity index is 3060. The zero-order chi connectivity index (χ0) is 50.9. The molecule has 8 aromatic rings. The molecule has 0 atom stereocenters. The van der Waals surface area contributed by atoms with Crippen molar-refractivity contribution in [3.8, 4) is 33.4 Å². The van der Waals surface area contributed by atoms with Crippen LogP contribution in [0.15, 0.2) is 188 Å². The summed E-state index contributed by atoms with van der Waals surface area (Å²) >= 11 is 0. The van der Waals surface area contributed by atoms with Crippen molar-refractivity contribution in [3.05, 3.63) is 233 Å². The van der Waals surface area contributed by atoms with Crippen molar-refractivity contribution in [2.45, 2.75) is 160 Å². The molecule has 0 radical (unpaired) electrons. The predicted molar refractivity (Wildman–Crippen MR) is 317 cm³/mol. The van der Waals surface area contributed by atoms with Gasteiger partial charge in [0, 0.05) is 16.9 Å². The topological polar surface area (TPSA) is 3.24 Å². The van der Waals surface area contributed by atoms with Crippen LogP contribution in [0.2, 0.25) is 0 Å². The van der Waals surface area contributed by atoms with E-state index in [-0.39, 0.29) is 10.8 Å². The van der Waals surface area contributed by atoms with Crippen molar-refractivity contribution in [2.75, 3.05) is 4.90 Å². The second-order valence-electron chi connectivity index (χ2n) is 24.4. The van der Waals surface area contributed by atoms with E-state index in [1.165, 1.54) is 157 Å². The van der Waals surface area contributed by atoms with Gasteiger partial charge in [0.05, 0.1) is 11.1 Å². The monoisotopic (exact) mass is 970 g/mol. The molecule has 0 bridgehead atoms. The summed E-state index contributed by atoms with van der Waals surface area (Å²) in [6.45, 7) is 13.9. The fraction of sp³-hybridized carbons (Fsp3) is 0.342. The highest BCUT2D eigenvalue weighted by Crippen LogP contribution is 2.58. The molecular formula is C73H79N. The Labute approximate surface area is 445 Å². The minimum atomic E-state index is -0.557. The SMILES string of the molecule is CC(C)(C)c1ccc(C2(c3ccc(C(C)(C)C)cc3)c3ccccc3-c3ccc(N(c4ccc(-c5cc(C6CCCCCCC6)cc(C6CCCCCCC6)c5)cc4)c4ccccc4-c4ccccc4)cc32)cc1. The maximum atomic E-state index is 2.67. The number of anilines is 3. The molecule has 0 aromatic heterocycles. The van der Waals surface area contributed by atoms with Crippen molar-refractivity contribution in [3.63, 3.8) is 0 Å². The van der Waals surface area contributed by atoms with E-state index in [1.54, 1.807) is 11.1 Å². The smallest absolute Gasteiger partial charge is 0.0714 e. The van der Waals surface area contributed by atoms with Gasteiger partial charge in [-0.3, -0.25) is 0 Å². The van der Waals surface area contributed by atoms with E-state index in [1.807, 2.05) is 0 Å². The van der Waals surface area contributed by atoms with Gasteiger partial charge in [-0.15, -0.1) is 0 Å². The molecule has 11 rings (SSSR count). The van der Waals surface area contributed by atoms with Crippen LogP contribution in [0, 0.1) is 0 Å². The summed E-state index contributed by atoms with van der Waals surface area (Å²) in [4.78, 5) is 2.54. The van der Waals surface area contributed by atoms with Crippen LogP contribution < -0.4 is 4.90 Å². The van der Waals surface area contributed by atoms with Gasteiger partial charge in [-0.25, -0.2) is 0 Å². The molecule has 0 saturated heterocycles. The predicted octanol–water partition coefficient (Wildman–Crippen LogP) is 21.1. The third kappa shape index (κ3) is 9.85. The third-order valence-corrected chi connectivity index (χ3v) is 17.5. The number of para-hydroxylation sites is 1. The largest absolute Gasteiger partial charge is 0.310 e. The Balaban J connectivity index is 1.09. The maximum Gasteiger partial charge on any atom is 0.0714 e. The molecule has 1 heteroatoms. The number of benzene rings is 8. The molecule has 0 aliphatic heterocycles. The summed E-state index contributed by atoms with van der Waals surface area (Å²) in [5, 5.41) is 0. The molecule has 0 spiro atoms. The van der Waals surface area contributed by atoms with E-state index in [2.05, 4.69) is 234 Å². The molecule has 376 valence electrons. The molecule has 3 aliphatic rings. The van der Waals surface area contributed by atoms with E-state index in [0.717, 1.165) is 17.1 Å². The Hall–Kier alpha value is -6.44.